The molecule has 37 heavy (non-hydrogen) atoms. The van der Waals surface area contributed by atoms with Crippen molar-refractivity contribution in [1.29, 1.82) is 0 Å². The number of nitrogens with two attached hydrogens (primary N) is 1. The molecule has 2 unspecified atom stereocenters. The van der Waals surface area contributed by atoms with E-state index in [2.05, 4.69) is 34.0 Å². The third-order valence-corrected chi connectivity index (χ3v) is 6.48. The molecule has 0 aliphatic rings. The van der Waals surface area contributed by atoms with Crippen LogP contribution in [0, 0.1) is 0 Å². The van der Waals surface area contributed by atoms with Crippen molar-refractivity contribution in [2.75, 3.05) is 23.0 Å². The molecule has 0 radical (unpaired) electrons. The number of aromatic nitrogens is 2. The summed E-state index contributed by atoms with van der Waals surface area (Å²) in [6.07, 6.45) is -0.162. The zero-order valence-electron chi connectivity index (χ0n) is 20.6. The Bertz CT molecular complexity index is 1390. The van der Waals surface area contributed by atoms with Gasteiger partial charge in [0.05, 0.1) is 29.1 Å². The lowest BCUT2D eigenvalue weighted by Gasteiger charge is -2.27. The van der Waals surface area contributed by atoms with Crippen LogP contribution >= 0.6 is 11.6 Å². The fourth-order valence-electron chi connectivity index (χ4n) is 4.17. The molecule has 3 aromatic carbocycles. The number of aliphatic hydroxyl groups is 1. The van der Waals surface area contributed by atoms with Crippen molar-refractivity contribution in [2.45, 2.75) is 26.0 Å². The van der Waals surface area contributed by atoms with E-state index >= 15 is 0 Å². The molecule has 5 N–H and O–H groups in total. The van der Waals surface area contributed by atoms with E-state index in [1.165, 1.54) is 6.33 Å². The molecule has 9 nitrogen and oxygen atoms in total. The number of amides is 2. The van der Waals surface area contributed by atoms with Gasteiger partial charge in [-0.3, -0.25) is 9.59 Å². The van der Waals surface area contributed by atoms with Gasteiger partial charge in [0.2, 0.25) is 0 Å². The highest BCUT2D eigenvalue weighted by molar-refractivity contribution is 6.30. The first-order valence-corrected chi connectivity index (χ1v) is 12.3. The lowest BCUT2D eigenvalue weighted by atomic mass is 9.99. The topological polar surface area (TPSA) is 128 Å². The van der Waals surface area contributed by atoms with Crippen molar-refractivity contribution in [3.05, 3.63) is 89.2 Å². The largest absolute Gasteiger partial charge is 0.381 e. The van der Waals surface area contributed by atoms with Gasteiger partial charge in [0.15, 0.2) is 6.10 Å². The predicted octanol–water partition coefficient (Wildman–Crippen LogP) is 3.80. The molecule has 2 atom stereocenters. The first kappa shape index (κ1) is 26.2. The Morgan fingerprint density at radius 2 is 1.76 bits per heavy atom. The molecule has 10 heteroatoms. The Morgan fingerprint density at radius 3 is 2.43 bits per heavy atom. The smallest absolute Gasteiger partial charge is 0.272 e. The number of benzene rings is 3. The van der Waals surface area contributed by atoms with Gasteiger partial charge in [0.25, 0.3) is 11.8 Å². The second-order valence-electron chi connectivity index (χ2n) is 8.48. The summed E-state index contributed by atoms with van der Waals surface area (Å²) in [5.74, 6) is 4.85. The van der Waals surface area contributed by atoms with Crippen LogP contribution in [0.15, 0.2) is 73.1 Å². The number of carbonyl (C=O) groups excluding carboxylic acids is 2. The van der Waals surface area contributed by atoms with Gasteiger partial charge in [-0.15, -0.1) is 0 Å². The van der Waals surface area contributed by atoms with Crippen LogP contribution in [-0.2, 0) is 4.79 Å². The van der Waals surface area contributed by atoms with Gasteiger partial charge in [0.1, 0.15) is 0 Å². The second kappa shape index (κ2) is 11.4. The average Bonchev–Trinajstić information content (AvgIpc) is 3.39. The van der Waals surface area contributed by atoms with Crippen LogP contribution in [0.5, 0.6) is 0 Å². The summed E-state index contributed by atoms with van der Waals surface area (Å²) in [5, 5.41) is 15.2. The van der Waals surface area contributed by atoms with E-state index in [1.807, 2.05) is 12.1 Å². The van der Waals surface area contributed by atoms with E-state index in [-0.39, 0.29) is 0 Å². The van der Waals surface area contributed by atoms with E-state index in [0.29, 0.717) is 32.9 Å². The first-order valence-electron chi connectivity index (χ1n) is 11.9. The lowest BCUT2D eigenvalue weighted by Crippen LogP contribution is -2.50. The Morgan fingerprint density at radius 1 is 1.05 bits per heavy atom. The number of hydrogen-bond acceptors (Lipinski definition) is 6. The maximum Gasteiger partial charge on any atom is 0.272 e. The van der Waals surface area contributed by atoms with Crippen LogP contribution < -0.4 is 21.1 Å². The predicted molar refractivity (Wildman–Crippen MR) is 145 cm³/mol. The number of aromatic amines is 1. The monoisotopic (exact) mass is 520 g/mol. The van der Waals surface area contributed by atoms with Crippen LogP contribution in [0.4, 0.5) is 11.4 Å². The minimum atomic E-state index is -1.69. The SMILES string of the molecule is CCN(CC)c1ccc(C(=O)NC(c2cccc(Cl)c2)C(O)C(=O)N(N)c2ccc3nc[nH]c3c2)cc1. The van der Waals surface area contributed by atoms with Crippen molar-refractivity contribution in [3.63, 3.8) is 0 Å². The van der Waals surface area contributed by atoms with Crippen LogP contribution in [0.25, 0.3) is 11.0 Å². The van der Waals surface area contributed by atoms with Crippen LogP contribution in [-0.4, -0.2) is 46.1 Å². The molecular weight excluding hydrogens is 492 g/mol. The molecule has 192 valence electrons. The first-order chi connectivity index (χ1) is 17.8. The summed E-state index contributed by atoms with van der Waals surface area (Å²) in [7, 11) is 0. The fourth-order valence-corrected chi connectivity index (χ4v) is 4.37. The highest BCUT2D eigenvalue weighted by Gasteiger charge is 2.32. The molecule has 0 fully saturated rings. The van der Waals surface area contributed by atoms with Crippen LogP contribution in [0.3, 0.4) is 0 Å². The zero-order chi connectivity index (χ0) is 26.5. The summed E-state index contributed by atoms with van der Waals surface area (Å²) in [4.78, 5) is 35.7. The fraction of sp³-hybridized carbons (Fsp3) is 0.222. The van der Waals surface area contributed by atoms with Gasteiger partial charge in [-0.2, -0.15) is 0 Å². The number of aliphatic hydroxyl groups excluding tert-OH is 1. The average molecular weight is 521 g/mol. The minimum absolute atomic E-state index is 0.351. The molecule has 1 aromatic heterocycles. The molecule has 4 rings (SSSR count). The van der Waals surface area contributed by atoms with Gasteiger partial charge in [-0.1, -0.05) is 23.7 Å². The number of anilines is 2. The van der Waals surface area contributed by atoms with Crippen molar-refractivity contribution in [1.82, 2.24) is 15.3 Å². The summed E-state index contributed by atoms with van der Waals surface area (Å²) in [6, 6.07) is 17.6. The van der Waals surface area contributed by atoms with E-state index < -0.39 is 24.0 Å². The van der Waals surface area contributed by atoms with E-state index in [0.717, 1.165) is 23.8 Å². The molecule has 0 aliphatic carbocycles. The quantitative estimate of drug-likeness (QED) is 0.151. The molecule has 0 aliphatic heterocycles. The van der Waals surface area contributed by atoms with Crippen LogP contribution in [0.1, 0.15) is 35.8 Å². The zero-order valence-corrected chi connectivity index (χ0v) is 21.3. The molecular formula is C27H29ClN6O3. The Labute approximate surface area is 219 Å². The number of fused-ring (bicyclic) bond motifs is 1. The standard InChI is InChI=1S/C27H29ClN6O3/c1-3-33(4-2)20-10-8-17(9-11-20)26(36)32-24(18-6-5-7-19(28)14-18)25(35)27(37)34(29)21-12-13-22-23(15-21)31-16-30-22/h5-16,24-25,35H,3-4,29H2,1-2H3,(H,30,31)(H,32,36). The molecule has 0 bridgehead atoms. The third kappa shape index (κ3) is 5.75. The van der Waals surface area contributed by atoms with Gasteiger partial charge in [-0.25, -0.2) is 15.8 Å². The van der Waals surface area contributed by atoms with Crippen molar-refractivity contribution in [3.8, 4) is 0 Å². The highest BCUT2D eigenvalue weighted by atomic mass is 35.5. The number of hydrogen-bond donors (Lipinski definition) is 4. The van der Waals surface area contributed by atoms with E-state index in [4.69, 9.17) is 17.4 Å². The van der Waals surface area contributed by atoms with E-state index in [9.17, 15) is 14.7 Å². The van der Waals surface area contributed by atoms with Gasteiger partial charge in [0, 0.05) is 29.4 Å². The normalized spacial score (nSPS) is 12.7. The molecule has 0 spiro atoms. The van der Waals surface area contributed by atoms with E-state index in [1.54, 1.807) is 54.6 Å². The number of carbonyl (C=O) groups is 2. The molecule has 0 saturated carbocycles. The Balaban J connectivity index is 1.59. The maximum atomic E-state index is 13.3. The van der Waals surface area contributed by atoms with Crippen LogP contribution in [0.2, 0.25) is 5.02 Å². The molecule has 2 amide bonds. The molecule has 4 aromatic rings. The Kier molecular flexibility index (Phi) is 8.08. The summed E-state index contributed by atoms with van der Waals surface area (Å²) in [5.41, 5.74) is 3.58. The van der Waals surface area contributed by atoms with Crippen molar-refractivity contribution >= 4 is 45.8 Å². The maximum absolute atomic E-state index is 13.3. The number of hydrazine groups is 1. The van der Waals surface area contributed by atoms with Gasteiger partial charge in [-0.05, 0) is 74.0 Å². The lowest BCUT2D eigenvalue weighted by molar-refractivity contribution is -0.128. The van der Waals surface area contributed by atoms with Gasteiger partial charge < -0.3 is 20.3 Å². The molecule has 1 heterocycles. The third-order valence-electron chi connectivity index (χ3n) is 6.24. The number of nitrogens with one attached hydrogen (secondary N) is 2. The van der Waals surface area contributed by atoms with Crippen molar-refractivity contribution in [2.24, 2.45) is 5.84 Å². The number of imidazole rings is 1. The summed E-state index contributed by atoms with van der Waals surface area (Å²) >= 11 is 6.18. The Hall–Kier alpha value is -3.92. The minimum Gasteiger partial charge on any atom is -0.381 e. The molecule has 0 saturated heterocycles. The number of nitrogens with zero attached hydrogens (tertiary/aromatic N) is 3. The summed E-state index contributed by atoms with van der Waals surface area (Å²) < 4.78 is 0. The highest BCUT2D eigenvalue weighted by Crippen LogP contribution is 2.25. The second-order valence-corrected chi connectivity index (χ2v) is 8.92. The number of rotatable bonds is 9. The summed E-state index contributed by atoms with van der Waals surface area (Å²) in [6.45, 7) is 5.81. The number of halogens is 1. The number of H-pyrrole nitrogens is 1. The van der Waals surface area contributed by atoms with Gasteiger partial charge >= 0.3 is 0 Å². The van der Waals surface area contributed by atoms with Crippen molar-refractivity contribution < 1.29 is 14.7 Å².